The van der Waals surface area contributed by atoms with Crippen LogP contribution in [-0.2, 0) is 0 Å². The average Bonchev–Trinajstić information content (AvgIpc) is 3.48. The zero-order chi connectivity index (χ0) is 19.9. The molecular formula is C23H25N7. The van der Waals surface area contributed by atoms with Crippen molar-refractivity contribution in [3.05, 3.63) is 66.7 Å². The van der Waals surface area contributed by atoms with Crippen LogP contribution in [-0.4, -0.2) is 30.7 Å². The Balaban J connectivity index is 1.34. The molecule has 1 aliphatic carbocycles. The number of imidazole rings is 1. The van der Waals surface area contributed by atoms with Crippen LogP contribution in [0.4, 0.5) is 17.6 Å². The van der Waals surface area contributed by atoms with Gasteiger partial charge < -0.3 is 14.8 Å². The fraction of sp³-hybridized carbons (Fsp3) is 0.348. The second-order valence-electron chi connectivity index (χ2n) is 8.28. The summed E-state index contributed by atoms with van der Waals surface area (Å²) in [5.41, 5.74) is 2.27. The van der Waals surface area contributed by atoms with Gasteiger partial charge in [0.25, 0.3) is 0 Å². The quantitative estimate of drug-likeness (QED) is 0.525. The summed E-state index contributed by atoms with van der Waals surface area (Å²) in [5.74, 6) is 2.38. The van der Waals surface area contributed by atoms with Gasteiger partial charge in [-0.15, -0.1) is 5.10 Å². The highest BCUT2D eigenvalue weighted by atomic mass is 15.4. The monoisotopic (exact) mass is 399 g/mol. The van der Waals surface area contributed by atoms with Gasteiger partial charge in [-0.25, -0.2) is 9.50 Å². The molecule has 30 heavy (non-hydrogen) atoms. The Hall–Kier alpha value is -3.35. The van der Waals surface area contributed by atoms with Crippen molar-refractivity contribution in [2.24, 2.45) is 0 Å². The van der Waals surface area contributed by atoms with Crippen LogP contribution >= 0.6 is 0 Å². The molecule has 7 nitrogen and oxygen atoms in total. The summed E-state index contributed by atoms with van der Waals surface area (Å²) in [5, 5.41) is 8.26. The summed E-state index contributed by atoms with van der Waals surface area (Å²) < 4.78 is 4.13. The first-order valence-corrected chi connectivity index (χ1v) is 10.8. The van der Waals surface area contributed by atoms with Crippen molar-refractivity contribution >= 4 is 23.1 Å². The van der Waals surface area contributed by atoms with E-state index in [1.54, 1.807) is 0 Å². The summed E-state index contributed by atoms with van der Waals surface area (Å²) in [6.07, 6.45) is 12.0. The van der Waals surface area contributed by atoms with Gasteiger partial charge in [0.05, 0.1) is 12.4 Å². The molecule has 1 saturated carbocycles. The Morgan fingerprint density at radius 1 is 0.967 bits per heavy atom. The SMILES string of the molecule is c1ccc([C@@H]2CCCN2c2nc(Nc3cn(C4CCC4)cn3)c3cccn3n2)cc1. The molecule has 0 bridgehead atoms. The highest BCUT2D eigenvalue weighted by Gasteiger charge is 2.29. The summed E-state index contributed by atoms with van der Waals surface area (Å²) in [4.78, 5) is 11.8. The molecule has 2 fully saturated rings. The Morgan fingerprint density at radius 2 is 1.87 bits per heavy atom. The molecule has 0 unspecified atom stereocenters. The Labute approximate surface area is 175 Å². The number of aromatic nitrogens is 5. The van der Waals surface area contributed by atoms with Gasteiger partial charge in [-0.2, -0.15) is 4.98 Å². The molecule has 1 aliphatic heterocycles. The summed E-state index contributed by atoms with van der Waals surface area (Å²) in [6.45, 7) is 0.960. The third-order valence-corrected chi connectivity index (χ3v) is 6.42. The summed E-state index contributed by atoms with van der Waals surface area (Å²) in [7, 11) is 0. The second-order valence-corrected chi connectivity index (χ2v) is 8.28. The minimum Gasteiger partial charge on any atom is -0.332 e. The maximum atomic E-state index is 4.95. The van der Waals surface area contributed by atoms with Gasteiger partial charge in [-0.3, -0.25) is 0 Å². The number of anilines is 3. The van der Waals surface area contributed by atoms with Crippen LogP contribution in [0.3, 0.4) is 0 Å². The molecule has 0 radical (unpaired) electrons. The van der Waals surface area contributed by atoms with E-state index in [0.717, 1.165) is 42.5 Å². The van der Waals surface area contributed by atoms with E-state index >= 15 is 0 Å². The third-order valence-electron chi connectivity index (χ3n) is 6.42. The minimum absolute atomic E-state index is 0.310. The number of rotatable bonds is 5. The number of hydrogen-bond donors (Lipinski definition) is 1. The first-order valence-electron chi connectivity index (χ1n) is 10.8. The maximum absolute atomic E-state index is 4.95. The lowest BCUT2D eigenvalue weighted by Crippen LogP contribution is -2.25. The molecule has 6 rings (SSSR count). The predicted octanol–water partition coefficient (Wildman–Crippen LogP) is 4.74. The van der Waals surface area contributed by atoms with Crippen LogP contribution in [0.15, 0.2) is 61.2 Å². The van der Waals surface area contributed by atoms with Crippen LogP contribution in [0.1, 0.15) is 49.8 Å². The lowest BCUT2D eigenvalue weighted by molar-refractivity contribution is 0.313. The number of fused-ring (bicyclic) bond motifs is 1. The van der Waals surface area contributed by atoms with Gasteiger partial charge >= 0.3 is 0 Å². The van der Waals surface area contributed by atoms with Gasteiger partial charge in [0.15, 0.2) is 5.82 Å². The molecule has 1 atom stereocenters. The molecule has 0 spiro atoms. The van der Waals surface area contributed by atoms with Crippen LogP contribution in [0, 0.1) is 0 Å². The number of nitrogens with one attached hydrogen (secondary N) is 1. The van der Waals surface area contributed by atoms with E-state index in [0.29, 0.717) is 12.1 Å². The predicted molar refractivity (Wildman–Crippen MR) is 117 cm³/mol. The molecule has 0 amide bonds. The molecule has 2 aliphatic rings. The lowest BCUT2D eigenvalue weighted by atomic mass is 9.93. The third kappa shape index (κ3) is 3.01. The molecule has 4 aromatic rings. The van der Waals surface area contributed by atoms with E-state index in [9.17, 15) is 0 Å². The average molecular weight is 400 g/mol. The van der Waals surface area contributed by atoms with Gasteiger partial charge in [-0.1, -0.05) is 30.3 Å². The van der Waals surface area contributed by atoms with E-state index in [4.69, 9.17) is 10.1 Å². The van der Waals surface area contributed by atoms with Crippen molar-refractivity contribution in [3.8, 4) is 0 Å². The Kier molecular flexibility index (Phi) is 4.18. The molecule has 4 heterocycles. The molecule has 152 valence electrons. The Bertz CT molecular complexity index is 1160. The zero-order valence-corrected chi connectivity index (χ0v) is 16.9. The van der Waals surface area contributed by atoms with Crippen LogP contribution in [0.2, 0.25) is 0 Å². The van der Waals surface area contributed by atoms with E-state index in [2.05, 4.69) is 56.3 Å². The van der Waals surface area contributed by atoms with E-state index in [1.165, 1.54) is 24.8 Å². The fourth-order valence-corrected chi connectivity index (χ4v) is 4.57. The van der Waals surface area contributed by atoms with Gasteiger partial charge in [0.2, 0.25) is 5.95 Å². The van der Waals surface area contributed by atoms with Gasteiger partial charge in [0.1, 0.15) is 11.3 Å². The van der Waals surface area contributed by atoms with E-state index in [-0.39, 0.29) is 0 Å². The van der Waals surface area contributed by atoms with Crippen molar-refractivity contribution in [3.63, 3.8) is 0 Å². The molecule has 3 aromatic heterocycles. The molecule has 1 saturated heterocycles. The molecule has 1 N–H and O–H groups in total. The fourth-order valence-electron chi connectivity index (χ4n) is 4.57. The van der Waals surface area contributed by atoms with Crippen molar-refractivity contribution in [1.82, 2.24) is 24.1 Å². The minimum atomic E-state index is 0.310. The maximum Gasteiger partial charge on any atom is 0.246 e. The normalized spacial score (nSPS) is 19.3. The number of benzene rings is 1. The number of nitrogens with zero attached hydrogens (tertiary/aromatic N) is 6. The summed E-state index contributed by atoms with van der Waals surface area (Å²) >= 11 is 0. The highest BCUT2D eigenvalue weighted by Crippen LogP contribution is 2.36. The number of hydrogen-bond acceptors (Lipinski definition) is 5. The van der Waals surface area contributed by atoms with Crippen LogP contribution < -0.4 is 10.2 Å². The van der Waals surface area contributed by atoms with Crippen LogP contribution in [0.25, 0.3) is 5.52 Å². The van der Waals surface area contributed by atoms with Crippen molar-refractivity contribution in [2.75, 3.05) is 16.8 Å². The lowest BCUT2D eigenvalue weighted by Gasteiger charge is -2.26. The van der Waals surface area contributed by atoms with E-state index in [1.807, 2.05) is 29.2 Å². The smallest absolute Gasteiger partial charge is 0.246 e. The standard InChI is InChI=1S/C23H25N7/c1-2-7-17(8-3-1)19-11-5-13-29(19)23-26-22(20-12-6-14-30(20)27-23)25-21-15-28(16-24-21)18-9-4-10-18/h1-3,6-8,12,14-16,18-19H,4-5,9-11,13H2,(H,25,26,27)/t19-/m0/s1. The summed E-state index contributed by atoms with van der Waals surface area (Å²) in [6, 6.07) is 15.6. The first-order chi connectivity index (χ1) is 14.8. The van der Waals surface area contributed by atoms with Crippen LogP contribution in [0.5, 0.6) is 0 Å². The molecular weight excluding hydrogens is 374 g/mol. The second kappa shape index (κ2) is 7.16. The van der Waals surface area contributed by atoms with Gasteiger partial charge in [0, 0.05) is 25.0 Å². The van der Waals surface area contributed by atoms with E-state index < -0.39 is 0 Å². The van der Waals surface area contributed by atoms with Crippen molar-refractivity contribution in [2.45, 2.75) is 44.2 Å². The first kappa shape index (κ1) is 17.5. The van der Waals surface area contributed by atoms with Crippen molar-refractivity contribution in [1.29, 1.82) is 0 Å². The Morgan fingerprint density at radius 3 is 2.70 bits per heavy atom. The molecule has 1 aromatic carbocycles. The molecule has 7 heteroatoms. The van der Waals surface area contributed by atoms with Crippen molar-refractivity contribution < 1.29 is 0 Å². The zero-order valence-electron chi connectivity index (χ0n) is 16.9. The highest BCUT2D eigenvalue weighted by molar-refractivity contribution is 5.73. The van der Waals surface area contributed by atoms with Gasteiger partial charge in [-0.05, 0) is 49.8 Å². The topological polar surface area (TPSA) is 63.3 Å². The largest absolute Gasteiger partial charge is 0.332 e.